The molecule has 0 saturated heterocycles. The highest BCUT2D eigenvalue weighted by molar-refractivity contribution is 5.04. The predicted molar refractivity (Wildman–Crippen MR) is 79.0 cm³/mol. The number of nitrogens with zero attached hydrogens (tertiary/aromatic N) is 1. The fourth-order valence-corrected chi connectivity index (χ4v) is 2.86. The maximum Gasteiger partial charge on any atom is 0.104 e. The van der Waals surface area contributed by atoms with Crippen molar-refractivity contribution >= 4 is 0 Å². The van der Waals surface area contributed by atoms with Gasteiger partial charge in [-0.15, -0.1) is 0 Å². The minimum Gasteiger partial charge on any atom is -0.378 e. The average Bonchev–Trinajstić information content (AvgIpc) is 2.39. The molecule has 1 fully saturated rings. The lowest BCUT2D eigenvalue weighted by Crippen LogP contribution is -2.44. The summed E-state index contributed by atoms with van der Waals surface area (Å²) in [6, 6.07) is 2.75. The van der Waals surface area contributed by atoms with Crippen molar-refractivity contribution in [2.45, 2.75) is 89.8 Å². The van der Waals surface area contributed by atoms with E-state index in [1.807, 2.05) is 6.92 Å². The Labute approximate surface area is 118 Å². The van der Waals surface area contributed by atoms with Crippen molar-refractivity contribution < 1.29 is 4.74 Å². The molecule has 3 nitrogen and oxygen atoms in total. The van der Waals surface area contributed by atoms with E-state index in [0.29, 0.717) is 12.1 Å². The third kappa shape index (κ3) is 6.94. The van der Waals surface area contributed by atoms with Crippen LogP contribution >= 0.6 is 0 Å². The van der Waals surface area contributed by atoms with Crippen LogP contribution in [0.1, 0.15) is 72.1 Å². The zero-order valence-electron chi connectivity index (χ0n) is 12.9. The highest BCUT2D eigenvalue weighted by atomic mass is 16.5. The summed E-state index contributed by atoms with van der Waals surface area (Å²) in [6.45, 7) is 7.02. The molecule has 0 aromatic heterocycles. The number of nitrogens with one attached hydrogen (secondary N) is 1. The fraction of sp³-hybridized carbons (Fsp3) is 0.938. The van der Waals surface area contributed by atoms with Gasteiger partial charge in [0.05, 0.1) is 12.2 Å². The average molecular weight is 266 g/mol. The summed E-state index contributed by atoms with van der Waals surface area (Å²) in [6.07, 6.45) is 10.0. The van der Waals surface area contributed by atoms with Gasteiger partial charge >= 0.3 is 0 Å². The summed E-state index contributed by atoms with van der Waals surface area (Å²) in [5.74, 6) is 0. The summed E-state index contributed by atoms with van der Waals surface area (Å²) in [7, 11) is 0. The normalized spacial score (nSPS) is 20.2. The van der Waals surface area contributed by atoms with Crippen LogP contribution in [0.5, 0.6) is 0 Å². The number of unbranched alkanes of at least 4 members (excludes halogenated alkanes) is 1. The maximum atomic E-state index is 9.25. The van der Waals surface area contributed by atoms with Crippen LogP contribution in [-0.4, -0.2) is 24.3 Å². The van der Waals surface area contributed by atoms with E-state index in [4.69, 9.17) is 4.74 Å². The van der Waals surface area contributed by atoms with Gasteiger partial charge in [-0.25, -0.2) is 0 Å². The van der Waals surface area contributed by atoms with Crippen LogP contribution in [0.2, 0.25) is 0 Å². The predicted octanol–water partition coefficient (Wildman–Crippen LogP) is 3.79. The molecule has 0 aliphatic heterocycles. The number of hydrogen-bond acceptors (Lipinski definition) is 3. The van der Waals surface area contributed by atoms with Gasteiger partial charge in [0.15, 0.2) is 0 Å². The smallest absolute Gasteiger partial charge is 0.104 e. The first-order valence-electron chi connectivity index (χ1n) is 7.86. The van der Waals surface area contributed by atoms with E-state index in [0.717, 1.165) is 25.9 Å². The third-order valence-electron chi connectivity index (χ3n) is 3.83. The van der Waals surface area contributed by atoms with Crippen molar-refractivity contribution in [1.29, 1.82) is 5.26 Å². The van der Waals surface area contributed by atoms with Crippen LogP contribution in [0.25, 0.3) is 0 Å². The Morgan fingerprint density at radius 2 is 1.95 bits per heavy atom. The van der Waals surface area contributed by atoms with Gasteiger partial charge in [-0.05, 0) is 52.9 Å². The van der Waals surface area contributed by atoms with Crippen molar-refractivity contribution in [1.82, 2.24) is 5.32 Å². The molecular formula is C16H30N2O. The SMILES string of the molecule is CC(C)NC(C)(C#N)CCCCOC1CCCCC1. The van der Waals surface area contributed by atoms with Gasteiger partial charge in [-0.2, -0.15) is 5.26 Å². The van der Waals surface area contributed by atoms with Crippen LogP contribution in [0.3, 0.4) is 0 Å². The highest BCUT2D eigenvalue weighted by Crippen LogP contribution is 2.21. The molecule has 0 aromatic carbocycles. The maximum absolute atomic E-state index is 9.25. The van der Waals surface area contributed by atoms with E-state index in [-0.39, 0.29) is 5.54 Å². The standard InChI is InChI=1S/C16H30N2O/c1-14(2)18-16(3,13-17)11-7-8-12-19-15-9-5-4-6-10-15/h14-15,18H,4-12H2,1-3H3. The molecule has 3 heteroatoms. The van der Waals surface area contributed by atoms with Crippen LogP contribution in [-0.2, 0) is 4.74 Å². The van der Waals surface area contributed by atoms with E-state index < -0.39 is 0 Å². The Hall–Kier alpha value is -0.590. The molecule has 1 aliphatic carbocycles. The Morgan fingerprint density at radius 1 is 1.26 bits per heavy atom. The second kappa shape index (κ2) is 8.55. The molecule has 1 N–H and O–H groups in total. The van der Waals surface area contributed by atoms with E-state index in [1.165, 1.54) is 32.1 Å². The summed E-state index contributed by atoms with van der Waals surface area (Å²) in [5.41, 5.74) is -0.390. The van der Waals surface area contributed by atoms with Gasteiger partial charge in [0.1, 0.15) is 5.54 Å². The molecule has 0 spiro atoms. The van der Waals surface area contributed by atoms with E-state index >= 15 is 0 Å². The van der Waals surface area contributed by atoms with Crippen molar-refractivity contribution in [3.63, 3.8) is 0 Å². The second-order valence-corrected chi connectivity index (χ2v) is 6.33. The van der Waals surface area contributed by atoms with E-state index in [2.05, 4.69) is 25.2 Å². The van der Waals surface area contributed by atoms with Gasteiger partial charge in [-0.1, -0.05) is 19.3 Å². The molecule has 1 saturated carbocycles. The van der Waals surface area contributed by atoms with Crippen molar-refractivity contribution in [2.75, 3.05) is 6.61 Å². The van der Waals surface area contributed by atoms with Gasteiger partial charge in [-0.3, -0.25) is 5.32 Å². The lowest BCUT2D eigenvalue weighted by atomic mass is 9.95. The van der Waals surface area contributed by atoms with E-state index in [1.54, 1.807) is 0 Å². The lowest BCUT2D eigenvalue weighted by molar-refractivity contribution is 0.0259. The Morgan fingerprint density at radius 3 is 2.53 bits per heavy atom. The molecule has 0 bridgehead atoms. The number of ether oxygens (including phenoxy) is 1. The molecule has 110 valence electrons. The number of rotatable bonds is 8. The summed E-state index contributed by atoms with van der Waals surface area (Å²) in [4.78, 5) is 0. The van der Waals surface area contributed by atoms with Gasteiger partial charge < -0.3 is 4.74 Å². The minimum atomic E-state index is -0.390. The first-order valence-corrected chi connectivity index (χ1v) is 7.86. The summed E-state index contributed by atoms with van der Waals surface area (Å²) < 4.78 is 5.91. The van der Waals surface area contributed by atoms with Crippen molar-refractivity contribution in [3.8, 4) is 6.07 Å². The van der Waals surface area contributed by atoms with Crippen molar-refractivity contribution in [2.24, 2.45) is 0 Å². The molecule has 1 rings (SSSR count). The quantitative estimate of drug-likeness (QED) is 0.680. The zero-order chi connectivity index (χ0) is 14.1. The molecule has 0 heterocycles. The molecular weight excluding hydrogens is 236 g/mol. The first-order chi connectivity index (χ1) is 9.06. The molecule has 0 radical (unpaired) electrons. The van der Waals surface area contributed by atoms with Crippen molar-refractivity contribution in [3.05, 3.63) is 0 Å². The first kappa shape index (κ1) is 16.5. The topological polar surface area (TPSA) is 45.0 Å². The summed E-state index contributed by atoms with van der Waals surface area (Å²) >= 11 is 0. The monoisotopic (exact) mass is 266 g/mol. The number of nitriles is 1. The largest absolute Gasteiger partial charge is 0.378 e. The summed E-state index contributed by atoms with van der Waals surface area (Å²) in [5, 5.41) is 12.6. The molecule has 1 atom stereocenters. The highest BCUT2D eigenvalue weighted by Gasteiger charge is 2.23. The minimum absolute atomic E-state index is 0.350. The molecule has 1 aliphatic rings. The molecule has 1 unspecified atom stereocenters. The van der Waals surface area contributed by atoms with Crippen LogP contribution in [0.4, 0.5) is 0 Å². The molecule has 19 heavy (non-hydrogen) atoms. The Bertz CT molecular complexity index is 279. The number of hydrogen-bond donors (Lipinski definition) is 1. The van der Waals surface area contributed by atoms with E-state index in [9.17, 15) is 5.26 Å². The fourth-order valence-electron chi connectivity index (χ4n) is 2.86. The van der Waals surface area contributed by atoms with Gasteiger partial charge in [0, 0.05) is 12.6 Å². The second-order valence-electron chi connectivity index (χ2n) is 6.33. The van der Waals surface area contributed by atoms with Crippen LogP contribution < -0.4 is 5.32 Å². The van der Waals surface area contributed by atoms with Gasteiger partial charge in [0.25, 0.3) is 0 Å². The Balaban J connectivity index is 2.10. The zero-order valence-corrected chi connectivity index (χ0v) is 12.9. The lowest BCUT2D eigenvalue weighted by Gasteiger charge is -2.26. The van der Waals surface area contributed by atoms with Crippen LogP contribution in [0.15, 0.2) is 0 Å². The molecule has 0 aromatic rings. The third-order valence-corrected chi connectivity index (χ3v) is 3.83. The molecule has 0 amide bonds. The van der Waals surface area contributed by atoms with Crippen LogP contribution in [0, 0.1) is 11.3 Å². The Kier molecular flexibility index (Phi) is 7.41. The van der Waals surface area contributed by atoms with Gasteiger partial charge in [0.2, 0.25) is 0 Å².